The predicted octanol–water partition coefficient (Wildman–Crippen LogP) is 4.41. The highest BCUT2D eigenvalue weighted by molar-refractivity contribution is 7.98. The molecule has 1 aliphatic heterocycles. The van der Waals surface area contributed by atoms with Crippen molar-refractivity contribution in [3.8, 4) is 11.5 Å². The van der Waals surface area contributed by atoms with E-state index in [0.29, 0.717) is 41.2 Å². The van der Waals surface area contributed by atoms with Crippen molar-refractivity contribution < 1.29 is 13.9 Å². The van der Waals surface area contributed by atoms with E-state index in [9.17, 15) is 4.39 Å². The topological polar surface area (TPSA) is 49.2 Å². The molecule has 1 aliphatic rings. The fraction of sp³-hybridized carbons (Fsp3) is 0.200. The van der Waals surface area contributed by atoms with E-state index < -0.39 is 0 Å². The van der Waals surface area contributed by atoms with Crippen LogP contribution in [0.15, 0.2) is 66.3 Å². The van der Waals surface area contributed by atoms with Crippen LogP contribution in [0.5, 0.6) is 11.5 Å². The molecule has 7 heteroatoms. The van der Waals surface area contributed by atoms with Gasteiger partial charge in [0.15, 0.2) is 28.6 Å². The Bertz CT molecular complexity index is 960. The van der Waals surface area contributed by atoms with Gasteiger partial charge in [-0.25, -0.2) is 4.39 Å². The van der Waals surface area contributed by atoms with Gasteiger partial charge < -0.3 is 9.47 Å². The van der Waals surface area contributed by atoms with Gasteiger partial charge in [0.1, 0.15) is 12.4 Å². The maximum Gasteiger partial charge on any atom is 0.192 e. The van der Waals surface area contributed by atoms with Crippen LogP contribution in [0.1, 0.15) is 17.5 Å². The lowest BCUT2D eigenvalue weighted by molar-refractivity contribution is 0.0821. The van der Waals surface area contributed by atoms with Crippen LogP contribution in [0, 0.1) is 5.82 Å². The monoisotopic (exact) mass is 383 g/mol. The Morgan fingerprint density at radius 1 is 1.15 bits per heavy atom. The molecule has 138 valence electrons. The van der Waals surface area contributed by atoms with Crippen LogP contribution in [0.25, 0.3) is 0 Å². The number of thioether (sulfide) groups is 1. The van der Waals surface area contributed by atoms with Crippen LogP contribution in [0.3, 0.4) is 0 Å². The third-order valence-corrected chi connectivity index (χ3v) is 5.18. The van der Waals surface area contributed by atoms with E-state index in [4.69, 9.17) is 9.47 Å². The number of hydrogen-bond acceptors (Lipinski definition) is 5. The summed E-state index contributed by atoms with van der Waals surface area (Å²) in [7, 11) is 0. The minimum atomic E-state index is -0.366. The number of nitrogens with zero attached hydrogens (tertiary/aromatic N) is 3. The zero-order valence-corrected chi connectivity index (χ0v) is 15.4. The van der Waals surface area contributed by atoms with Crippen LogP contribution >= 0.6 is 11.8 Å². The highest BCUT2D eigenvalue weighted by Gasteiger charge is 2.28. The predicted molar refractivity (Wildman–Crippen MR) is 101 cm³/mol. The van der Waals surface area contributed by atoms with E-state index in [0.717, 1.165) is 5.75 Å². The fourth-order valence-corrected chi connectivity index (χ4v) is 3.79. The number of aromatic nitrogens is 3. The van der Waals surface area contributed by atoms with Crippen molar-refractivity contribution in [1.29, 1.82) is 0 Å². The molecule has 5 nitrogen and oxygen atoms in total. The van der Waals surface area contributed by atoms with Gasteiger partial charge in [0, 0.05) is 12.3 Å². The first kappa shape index (κ1) is 17.6. The molecule has 3 aromatic rings. The Balaban J connectivity index is 1.56. The molecule has 4 rings (SSSR count). The van der Waals surface area contributed by atoms with Gasteiger partial charge in [0.2, 0.25) is 0 Å². The number of benzene rings is 2. The van der Waals surface area contributed by atoms with E-state index in [1.807, 2.05) is 34.9 Å². The van der Waals surface area contributed by atoms with Crippen molar-refractivity contribution >= 4 is 11.8 Å². The normalized spacial score (nSPS) is 15.5. The van der Waals surface area contributed by atoms with Gasteiger partial charge >= 0.3 is 0 Å². The fourth-order valence-electron chi connectivity index (χ4n) is 2.85. The average molecular weight is 383 g/mol. The number of fused-ring (bicyclic) bond motifs is 1. The standard InChI is InChI=1S/C20H18FN3O2S/c1-2-11-24-19(18-12-25-16-9-5-6-10-17(16)26-18)22-23-20(24)27-13-14-7-3-4-8-15(14)21/h2-10,18H,1,11-13H2/t18-/m0/s1. The first-order valence-corrected chi connectivity index (χ1v) is 9.53. The molecular weight excluding hydrogens is 365 g/mol. The molecule has 0 N–H and O–H groups in total. The van der Waals surface area contributed by atoms with Crippen LogP contribution in [-0.4, -0.2) is 21.4 Å². The number of rotatable bonds is 6. The molecule has 0 unspecified atom stereocenters. The van der Waals surface area contributed by atoms with Crippen molar-refractivity contribution in [2.45, 2.75) is 23.6 Å². The summed E-state index contributed by atoms with van der Waals surface area (Å²) in [4.78, 5) is 0. The van der Waals surface area contributed by atoms with Gasteiger partial charge in [-0.1, -0.05) is 48.2 Å². The van der Waals surface area contributed by atoms with E-state index >= 15 is 0 Å². The molecule has 0 aliphatic carbocycles. The largest absolute Gasteiger partial charge is 0.485 e. The van der Waals surface area contributed by atoms with Gasteiger partial charge in [-0.15, -0.1) is 16.8 Å². The minimum Gasteiger partial charge on any atom is -0.485 e. The summed E-state index contributed by atoms with van der Waals surface area (Å²) in [5, 5.41) is 9.28. The summed E-state index contributed by atoms with van der Waals surface area (Å²) >= 11 is 1.43. The molecule has 0 spiro atoms. The second-order valence-corrected chi connectivity index (χ2v) is 6.93. The van der Waals surface area contributed by atoms with Crippen molar-refractivity contribution in [1.82, 2.24) is 14.8 Å². The van der Waals surface area contributed by atoms with Gasteiger partial charge in [-0.05, 0) is 23.8 Å². The molecule has 0 bridgehead atoms. The molecule has 1 aromatic heterocycles. The summed E-state index contributed by atoms with van der Waals surface area (Å²) in [5.74, 6) is 2.31. The van der Waals surface area contributed by atoms with Crippen LogP contribution < -0.4 is 9.47 Å². The van der Waals surface area contributed by atoms with Crippen molar-refractivity contribution in [3.63, 3.8) is 0 Å². The van der Waals surface area contributed by atoms with Gasteiger partial charge in [-0.2, -0.15) is 0 Å². The molecule has 27 heavy (non-hydrogen) atoms. The zero-order valence-electron chi connectivity index (χ0n) is 14.5. The van der Waals surface area contributed by atoms with Crippen LogP contribution in [0.4, 0.5) is 4.39 Å². The van der Waals surface area contributed by atoms with Gasteiger partial charge in [-0.3, -0.25) is 4.57 Å². The van der Waals surface area contributed by atoms with Gasteiger partial charge in [0.05, 0.1) is 0 Å². The molecule has 1 atom stereocenters. The smallest absolute Gasteiger partial charge is 0.192 e. The number of hydrogen-bond donors (Lipinski definition) is 0. The average Bonchev–Trinajstić information content (AvgIpc) is 3.10. The summed E-state index contributed by atoms with van der Waals surface area (Å²) in [5.41, 5.74) is 0.628. The van der Waals surface area contributed by atoms with Crippen LogP contribution in [-0.2, 0) is 12.3 Å². The third kappa shape index (κ3) is 3.68. The number of allylic oxidation sites excluding steroid dienone is 1. The Hall–Kier alpha value is -2.80. The maximum atomic E-state index is 13.9. The highest BCUT2D eigenvalue weighted by atomic mass is 32.2. The van der Waals surface area contributed by atoms with E-state index in [2.05, 4.69) is 16.8 Å². The Morgan fingerprint density at radius 2 is 1.93 bits per heavy atom. The Kier molecular flexibility index (Phi) is 5.11. The molecular formula is C20H18FN3O2S. The first-order valence-electron chi connectivity index (χ1n) is 8.55. The molecule has 0 amide bonds. The first-order chi connectivity index (χ1) is 13.3. The van der Waals surface area contributed by atoms with Crippen molar-refractivity contribution in [2.75, 3.05) is 6.61 Å². The van der Waals surface area contributed by atoms with E-state index in [-0.39, 0.29) is 11.9 Å². The highest BCUT2D eigenvalue weighted by Crippen LogP contribution is 2.36. The lowest BCUT2D eigenvalue weighted by Crippen LogP contribution is -2.25. The van der Waals surface area contributed by atoms with Gasteiger partial charge in [0.25, 0.3) is 0 Å². The Labute approximate surface area is 160 Å². The second kappa shape index (κ2) is 7.84. The molecule has 2 aromatic carbocycles. The summed E-state index contributed by atoms with van der Waals surface area (Å²) in [6.07, 6.45) is 1.41. The molecule has 0 radical (unpaired) electrons. The Morgan fingerprint density at radius 3 is 2.74 bits per heavy atom. The van der Waals surface area contributed by atoms with E-state index in [1.165, 1.54) is 17.8 Å². The third-order valence-electron chi connectivity index (χ3n) is 4.17. The maximum absolute atomic E-state index is 13.9. The minimum absolute atomic E-state index is 0.222. The summed E-state index contributed by atoms with van der Waals surface area (Å²) < 4.78 is 27.6. The van der Waals surface area contributed by atoms with Crippen molar-refractivity contribution in [3.05, 3.63) is 78.4 Å². The lowest BCUT2D eigenvalue weighted by Gasteiger charge is -2.26. The molecule has 0 fully saturated rings. The molecule has 2 heterocycles. The summed E-state index contributed by atoms with van der Waals surface area (Å²) in [6, 6.07) is 14.3. The lowest BCUT2D eigenvalue weighted by atomic mass is 10.2. The van der Waals surface area contributed by atoms with E-state index in [1.54, 1.807) is 18.2 Å². The quantitative estimate of drug-likeness (QED) is 0.466. The van der Waals surface area contributed by atoms with Crippen LogP contribution in [0.2, 0.25) is 0 Å². The zero-order chi connectivity index (χ0) is 18.6. The number of halogens is 1. The number of para-hydroxylation sites is 2. The summed E-state index contributed by atoms with van der Waals surface area (Å²) in [6.45, 7) is 4.70. The SMILES string of the molecule is C=CCn1c(SCc2ccccc2F)nnc1[C@@H]1COc2ccccc2O1. The van der Waals surface area contributed by atoms with Crippen molar-refractivity contribution in [2.24, 2.45) is 0 Å². The molecule has 0 saturated carbocycles. The molecule has 0 saturated heterocycles. The second-order valence-electron chi connectivity index (χ2n) is 5.98. The number of ether oxygens (including phenoxy) is 2.